The average molecular weight is 358 g/mol. The summed E-state index contributed by atoms with van der Waals surface area (Å²) in [7, 11) is 0. The molecule has 6 nitrogen and oxygen atoms in total. The molecule has 2 aromatic heterocycles. The van der Waals surface area contributed by atoms with Crippen LogP contribution in [0.1, 0.15) is 23.4 Å². The monoisotopic (exact) mass is 357 g/mol. The molecule has 2 heterocycles. The second-order valence-corrected chi connectivity index (χ2v) is 6.44. The van der Waals surface area contributed by atoms with Crippen molar-refractivity contribution in [2.75, 3.05) is 5.32 Å². The summed E-state index contributed by atoms with van der Waals surface area (Å²) in [6, 6.07) is 9.62. The van der Waals surface area contributed by atoms with Crippen LogP contribution in [0, 0.1) is 13.8 Å². The van der Waals surface area contributed by atoms with Crippen LogP contribution in [0.5, 0.6) is 0 Å². The van der Waals surface area contributed by atoms with E-state index in [1.165, 1.54) is 0 Å². The Morgan fingerprint density at radius 1 is 1.28 bits per heavy atom. The van der Waals surface area contributed by atoms with Crippen molar-refractivity contribution in [3.63, 3.8) is 0 Å². The standard InChI is InChI=1S/C18H20ClN5O/c1-13-8-14(2)24(22-13)7-6-18(25)21-17-10-20-23(12-17)11-15-4-3-5-16(19)9-15/h3-5,8-10,12H,6-7,11H2,1-2H3,(H,21,25). The van der Waals surface area contributed by atoms with Gasteiger partial charge in [-0.15, -0.1) is 0 Å². The zero-order chi connectivity index (χ0) is 17.8. The van der Waals surface area contributed by atoms with Crippen molar-refractivity contribution in [3.05, 3.63) is 64.7 Å². The number of nitrogens with one attached hydrogen (secondary N) is 1. The van der Waals surface area contributed by atoms with E-state index in [9.17, 15) is 4.79 Å². The van der Waals surface area contributed by atoms with Crippen LogP contribution < -0.4 is 5.32 Å². The first kappa shape index (κ1) is 17.2. The van der Waals surface area contributed by atoms with Gasteiger partial charge in [-0.05, 0) is 37.6 Å². The lowest BCUT2D eigenvalue weighted by Gasteiger charge is -2.05. The molecule has 0 unspecified atom stereocenters. The number of nitrogens with zero attached hydrogens (tertiary/aromatic N) is 4. The van der Waals surface area contributed by atoms with E-state index in [-0.39, 0.29) is 5.91 Å². The first-order valence-electron chi connectivity index (χ1n) is 8.07. The summed E-state index contributed by atoms with van der Waals surface area (Å²) in [6.07, 6.45) is 3.81. The van der Waals surface area contributed by atoms with Crippen molar-refractivity contribution in [1.29, 1.82) is 0 Å². The van der Waals surface area contributed by atoms with Gasteiger partial charge in [-0.3, -0.25) is 14.2 Å². The molecule has 0 radical (unpaired) electrons. The molecule has 3 aromatic rings. The lowest BCUT2D eigenvalue weighted by molar-refractivity contribution is -0.116. The van der Waals surface area contributed by atoms with Crippen LogP contribution >= 0.6 is 11.6 Å². The minimum Gasteiger partial charge on any atom is -0.323 e. The molecular weight excluding hydrogens is 338 g/mol. The van der Waals surface area contributed by atoms with Crippen LogP contribution in [0.15, 0.2) is 42.7 Å². The maximum absolute atomic E-state index is 12.1. The lowest BCUT2D eigenvalue weighted by Crippen LogP contribution is -2.15. The van der Waals surface area contributed by atoms with Crippen LogP contribution in [-0.4, -0.2) is 25.5 Å². The third-order valence-electron chi connectivity index (χ3n) is 3.80. The van der Waals surface area contributed by atoms with Gasteiger partial charge in [0.25, 0.3) is 0 Å². The summed E-state index contributed by atoms with van der Waals surface area (Å²) >= 11 is 5.99. The number of anilines is 1. The molecule has 0 saturated heterocycles. The minimum atomic E-state index is -0.0603. The topological polar surface area (TPSA) is 64.7 Å². The largest absolute Gasteiger partial charge is 0.323 e. The van der Waals surface area contributed by atoms with Gasteiger partial charge in [-0.25, -0.2) is 0 Å². The SMILES string of the molecule is Cc1cc(C)n(CCC(=O)Nc2cnn(Cc3cccc(Cl)c3)c2)n1. The molecule has 0 saturated carbocycles. The minimum absolute atomic E-state index is 0.0603. The maximum atomic E-state index is 12.1. The van der Waals surface area contributed by atoms with E-state index in [0.717, 1.165) is 17.0 Å². The van der Waals surface area contributed by atoms with Gasteiger partial charge in [0.15, 0.2) is 0 Å². The van der Waals surface area contributed by atoms with Crippen molar-refractivity contribution in [2.45, 2.75) is 33.4 Å². The van der Waals surface area contributed by atoms with Gasteiger partial charge in [0.1, 0.15) is 0 Å². The number of amides is 1. The lowest BCUT2D eigenvalue weighted by atomic mass is 10.2. The zero-order valence-electron chi connectivity index (χ0n) is 14.2. The van der Waals surface area contributed by atoms with Crippen LogP contribution in [0.3, 0.4) is 0 Å². The van der Waals surface area contributed by atoms with E-state index in [1.54, 1.807) is 10.9 Å². The summed E-state index contributed by atoms with van der Waals surface area (Å²) in [5.41, 5.74) is 3.75. The number of aromatic nitrogens is 4. The van der Waals surface area contributed by atoms with Crippen molar-refractivity contribution in [3.8, 4) is 0 Å². The summed E-state index contributed by atoms with van der Waals surface area (Å²) in [5.74, 6) is -0.0603. The molecule has 0 aliphatic carbocycles. The number of benzene rings is 1. The smallest absolute Gasteiger partial charge is 0.226 e. The van der Waals surface area contributed by atoms with Crippen molar-refractivity contribution >= 4 is 23.2 Å². The molecule has 1 aromatic carbocycles. The Balaban J connectivity index is 1.54. The fourth-order valence-corrected chi connectivity index (χ4v) is 2.88. The van der Waals surface area contributed by atoms with Gasteiger partial charge in [0, 0.05) is 29.9 Å². The molecule has 0 bridgehead atoms. The Morgan fingerprint density at radius 2 is 2.12 bits per heavy atom. The normalized spacial score (nSPS) is 10.8. The first-order valence-corrected chi connectivity index (χ1v) is 8.45. The summed E-state index contributed by atoms with van der Waals surface area (Å²) in [5, 5.41) is 12.2. The number of hydrogen-bond donors (Lipinski definition) is 1. The molecule has 25 heavy (non-hydrogen) atoms. The van der Waals surface area contributed by atoms with Crippen LogP contribution in [0.25, 0.3) is 0 Å². The predicted molar refractivity (Wildman–Crippen MR) is 97.7 cm³/mol. The average Bonchev–Trinajstić information content (AvgIpc) is 3.11. The summed E-state index contributed by atoms with van der Waals surface area (Å²) < 4.78 is 3.61. The van der Waals surface area contributed by atoms with E-state index in [0.29, 0.717) is 30.2 Å². The fraction of sp³-hybridized carbons (Fsp3) is 0.278. The van der Waals surface area contributed by atoms with Gasteiger partial charge >= 0.3 is 0 Å². The Morgan fingerprint density at radius 3 is 2.84 bits per heavy atom. The van der Waals surface area contributed by atoms with Gasteiger partial charge < -0.3 is 5.32 Å². The molecule has 0 atom stereocenters. The molecule has 1 N–H and O–H groups in total. The Hall–Kier alpha value is -2.60. The van der Waals surface area contributed by atoms with Gasteiger partial charge in [-0.2, -0.15) is 10.2 Å². The Kier molecular flexibility index (Phi) is 5.19. The first-order chi connectivity index (χ1) is 12.0. The van der Waals surface area contributed by atoms with E-state index in [4.69, 9.17) is 11.6 Å². The number of hydrogen-bond acceptors (Lipinski definition) is 3. The number of rotatable bonds is 6. The highest BCUT2D eigenvalue weighted by molar-refractivity contribution is 6.30. The van der Waals surface area contributed by atoms with E-state index < -0.39 is 0 Å². The predicted octanol–water partition coefficient (Wildman–Crippen LogP) is 3.43. The van der Waals surface area contributed by atoms with E-state index in [2.05, 4.69) is 15.5 Å². The fourth-order valence-electron chi connectivity index (χ4n) is 2.67. The van der Waals surface area contributed by atoms with E-state index in [1.807, 2.05) is 55.1 Å². The van der Waals surface area contributed by atoms with Gasteiger partial charge in [0.2, 0.25) is 5.91 Å². The van der Waals surface area contributed by atoms with Gasteiger partial charge in [0.05, 0.1) is 24.1 Å². The molecule has 130 valence electrons. The zero-order valence-corrected chi connectivity index (χ0v) is 15.0. The second-order valence-electron chi connectivity index (χ2n) is 6.00. The Labute approximate surface area is 151 Å². The maximum Gasteiger partial charge on any atom is 0.226 e. The quantitative estimate of drug-likeness (QED) is 0.735. The van der Waals surface area contributed by atoms with Crippen LogP contribution in [0.4, 0.5) is 5.69 Å². The second kappa shape index (κ2) is 7.53. The summed E-state index contributed by atoms with van der Waals surface area (Å²) in [4.78, 5) is 12.1. The third kappa shape index (κ3) is 4.70. The molecular formula is C18H20ClN5O. The number of halogens is 1. The molecule has 3 rings (SSSR count). The molecule has 1 amide bonds. The molecule has 0 aliphatic heterocycles. The number of aryl methyl sites for hydroxylation is 3. The van der Waals surface area contributed by atoms with Gasteiger partial charge in [-0.1, -0.05) is 23.7 Å². The summed E-state index contributed by atoms with van der Waals surface area (Å²) in [6.45, 7) is 5.08. The molecule has 7 heteroatoms. The van der Waals surface area contributed by atoms with E-state index >= 15 is 0 Å². The highest BCUT2D eigenvalue weighted by Gasteiger charge is 2.07. The highest BCUT2D eigenvalue weighted by atomic mass is 35.5. The number of carbonyl (C=O) groups excluding carboxylic acids is 1. The highest BCUT2D eigenvalue weighted by Crippen LogP contribution is 2.13. The molecule has 0 aliphatic rings. The third-order valence-corrected chi connectivity index (χ3v) is 4.04. The van der Waals surface area contributed by atoms with Crippen LogP contribution in [-0.2, 0) is 17.9 Å². The molecule has 0 fully saturated rings. The van der Waals surface area contributed by atoms with Crippen molar-refractivity contribution in [1.82, 2.24) is 19.6 Å². The van der Waals surface area contributed by atoms with Crippen molar-refractivity contribution in [2.24, 2.45) is 0 Å². The number of carbonyl (C=O) groups is 1. The van der Waals surface area contributed by atoms with Crippen LogP contribution in [0.2, 0.25) is 5.02 Å². The molecule has 0 spiro atoms. The van der Waals surface area contributed by atoms with Crippen molar-refractivity contribution < 1.29 is 4.79 Å². The Bertz CT molecular complexity index is 883.